The van der Waals surface area contributed by atoms with Gasteiger partial charge in [-0.05, 0) is 0 Å². The quantitative estimate of drug-likeness (QED) is 0.465. The van der Waals surface area contributed by atoms with Crippen molar-refractivity contribution in [2.45, 2.75) is 5.23 Å². The molecular weight excluding hydrogens is 166 g/mol. The molecule has 0 aromatic carbocycles. The first-order valence-corrected chi connectivity index (χ1v) is 4.75. The smallest absolute Gasteiger partial charge is 0 e. The Morgan fingerprint density at radius 2 is 1.75 bits per heavy atom. The molecule has 0 N–H and O–H groups in total. The Hall–Kier alpha value is 1.92. The van der Waals surface area contributed by atoms with Crippen LogP contribution in [0.5, 0.6) is 0 Å². The van der Waals surface area contributed by atoms with Gasteiger partial charge >= 0.3 is 35.1 Å². The van der Waals surface area contributed by atoms with Gasteiger partial charge in [-0.3, -0.25) is 0 Å². The second-order valence-electron chi connectivity index (χ2n) is 0.158. The molecular formula is CH3NiTi2. The van der Waals surface area contributed by atoms with Crippen LogP contribution >= 0.6 is 0 Å². The van der Waals surface area contributed by atoms with E-state index in [0.717, 1.165) is 0 Å². The van der Waals surface area contributed by atoms with E-state index < -0.39 is 0 Å². The molecule has 0 radical (unpaired) electrons. The maximum absolute atomic E-state index is 4.29. The fourth-order valence-electron chi connectivity index (χ4n) is 0. The van der Waals surface area contributed by atoms with Crippen molar-refractivity contribution < 1.29 is 51.6 Å². The van der Waals surface area contributed by atoms with Gasteiger partial charge in [-0.15, -0.1) is 0 Å². The molecule has 0 heterocycles. The van der Waals surface area contributed by atoms with E-state index >= 15 is 0 Å². The predicted octanol–water partition coefficient (Wildman–Crippen LogP) is 0.576. The molecule has 0 nitrogen and oxygen atoms in total. The van der Waals surface area contributed by atoms with Crippen molar-refractivity contribution in [3.05, 3.63) is 0 Å². The molecule has 4 heavy (non-hydrogen) atoms. The summed E-state index contributed by atoms with van der Waals surface area (Å²) >= 11 is 4.42. The van der Waals surface area contributed by atoms with Crippen LogP contribution in [0, 0.1) is 0 Å². The summed E-state index contributed by atoms with van der Waals surface area (Å²) in [6.07, 6.45) is 0. The Balaban J connectivity index is 0. The summed E-state index contributed by atoms with van der Waals surface area (Å²) in [6.45, 7) is 0. The number of rotatable bonds is 0. The van der Waals surface area contributed by atoms with Crippen molar-refractivity contribution in [1.82, 2.24) is 0 Å². The van der Waals surface area contributed by atoms with Crippen molar-refractivity contribution in [2.24, 2.45) is 0 Å². The van der Waals surface area contributed by atoms with E-state index in [-0.39, 0.29) is 38.9 Å². The van der Waals surface area contributed by atoms with Crippen molar-refractivity contribution in [3.63, 3.8) is 0 Å². The topological polar surface area (TPSA) is 0 Å². The largest absolute Gasteiger partial charge is 0 e. The Labute approximate surface area is 56.3 Å². The van der Waals surface area contributed by atoms with Crippen LogP contribution in [-0.4, -0.2) is 0 Å². The second kappa shape index (κ2) is 8.87. The van der Waals surface area contributed by atoms with Gasteiger partial charge in [-0.2, -0.15) is 0 Å². The minimum Gasteiger partial charge on any atom is 0 e. The first-order chi connectivity index (χ1) is 1.41. The van der Waals surface area contributed by atoms with Crippen LogP contribution in [0.4, 0.5) is 0 Å². The molecule has 25 valence electrons. The van der Waals surface area contributed by atoms with Crippen molar-refractivity contribution in [3.8, 4) is 0 Å². The first kappa shape index (κ1) is 9.33. The van der Waals surface area contributed by atoms with Crippen molar-refractivity contribution >= 4 is 0 Å². The maximum Gasteiger partial charge on any atom is 0 e. The third-order valence-corrected chi connectivity index (χ3v) is 0. The SMILES string of the molecule is [CH3][Ti][Ni].[Ti]. The molecule has 0 aliphatic heterocycles. The van der Waals surface area contributed by atoms with Crippen LogP contribution in [0.25, 0.3) is 0 Å². The van der Waals surface area contributed by atoms with Gasteiger partial charge in [0.15, 0.2) is 0 Å². The Morgan fingerprint density at radius 3 is 1.75 bits per heavy atom. The average Bonchev–Trinajstić information content (AvgIpc) is 0.918. The summed E-state index contributed by atoms with van der Waals surface area (Å²) < 4.78 is 0. The molecule has 0 saturated heterocycles. The van der Waals surface area contributed by atoms with Crippen LogP contribution in [0.1, 0.15) is 0 Å². The Morgan fingerprint density at radius 1 is 1.75 bits per heavy atom. The summed E-state index contributed by atoms with van der Waals surface area (Å²) in [6, 6.07) is 0. The molecule has 3 heteroatoms. The van der Waals surface area contributed by atoms with Gasteiger partial charge < -0.3 is 0 Å². The van der Waals surface area contributed by atoms with E-state index in [9.17, 15) is 0 Å². The summed E-state index contributed by atoms with van der Waals surface area (Å²) in [5, 5.41) is 2.08. The molecule has 0 aromatic heterocycles. The molecule has 0 aliphatic carbocycles. The van der Waals surface area contributed by atoms with Crippen LogP contribution in [0.2, 0.25) is 5.23 Å². The molecule has 0 unspecified atom stereocenters. The van der Waals surface area contributed by atoms with Gasteiger partial charge in [0.1, 0.15) is 0 Å². The van der Waals surface area contributed by atoms with Crippen molar-refractivity contribution in [2.75, 3.05) is 0 Å². The Bertz CT molecular complexity index is 6.00. The second-order valence-corrected chi connectivity index (χ2v) is 2.69. The van der Waals surface area contributed by atoms with E-state index in [4.69, 9.17) is 0 Å². The van der Waals surface area contributed by atoms with Gasteiger partial charge in [0, 0.05) is 21.7 Å². The third-order valence-electron chi connectivity index (χ3n) is 0. The number of hydrogen-bond acceptors (Lipinski definition) is 0. The zero-order chi connectivity index (χ0) is 2.71. The maximum atomic E-state index is 4.29. The number of hydrogen-bond donors (Lipinski definition) is 0. The van der Waals surface area contributed by atoms with E-state index in [2.05, 4.69) is 18.0 Å². The minimum atomic E-state index is 0. The van der Waals surface area contributed by atoms with Gasteiger partial charge in [0.25, 0.3) is 0 Å². The normalized spacial score (nSPS) is 3.75. The molecule has 0 aliphatic rings. The molecule has 0 spiro atoms. The molecule has 0 aromatic rings. The summed E-state index contributed by atoms with van der Waals surface area (Å²) in [7, 11) is 0. The van der Waals surface area contributed by atoms with Crippen LogP contribution < -0.4 is 0 Å². The van der Waals surface area contributed by atoms with E-state index in [0.29, 0.717) is 0 Å². The van der Waals surface area contributed by atoms with Crippen molar-refractivity contribution in [1.29, 1.82) is 0 Å². The molecule has 0 saturated carbocycles. The van der Waals surface area contributed by atoms with Gasteiger partial charge in [-0.25, -0.2) is 0 Å². The van der Waals surface area contributed by atoms with Gasteiger partial charge in [0.2, 0.25) is 0 Å². The van der Waals surface area contributed by atoms with Crippen LogP contribution in [0.15, 0.2) is 0 Å². The third kappa shape index (κ3) is 9.06. The average molecular weight is 169 g/mol. The van der Waals surface area contributed by atoms with E-state index in [1.54, 1.807) is 0 Å². The zero-order valence-corrected chi connectivity index (χ0v) is 6.43. The molecule has 0 fully saturated rings. The fourth-order valence-corrected chi connectivity index (χ4v) is 0. The molecule has 0 rings (SSSR count). The zero-order valence-electron chi connectivity index (χ0n) is 2.32. The van der Waals surface area contributed by atoms with Gasteiger partial charge in [0.05, 0.1) is 0 Å². The van der Waals surface area contributed by atoms with E-state index in [1.807, 2.05) is 0 Å². The minimum absolute atomic E-state index is 0. The predicted molar refractivity (Wildman–Crippen MR) is 5.86 cm³/mol. The van der Waals surface area contributed by atoms with Crippen LogP contribution in [-0.2, 0) is 51.6 Å². The van der Waals surface area contributed by atoms with Gasteiger partial charge in [-0.1, -0.05) is 0 Å². The van der Waals surface area contributed by atoms with E-state index in [1.165, 1.54) is 0 Å². The molecule has 0 atom stereocenters. The summed E-state index contributed by atoms with van der Waals surface area (Å²) in [5.41, 5.74) is 0. The standard InChI is InChI=1S/CH3.Ni.2Ti/h1H3;;;. The molecule has 0 amide bonds. The Kier molecular flexibility index (Phi) is 20.7. The summed E-state index contributed by atoms with van der Waals surface area (Å²) in [5.74, 6) is 0. The first-order valence-electron chi connectivity index (χ1n) is 0.658. The monoisotopic (exact) mass is 169 g/mol. The van der Waals surface area contributed by atoms with Crippen LogP contribution in [0.3, 0.4) is 0 Å². The summed E-state index contributed by atoms with van der Waals surface area (Å²) in [4.78, 5) is 0. The fraction of sp³-hybridized carbons (Fsp3) is 1.00. The molecule has 0 bridgehead atoms.